The van der Waals surface area contributed by atoms with E-state index in [1.165, 1.54) is 11.5 Å². The fraction of sp³-hybridized carbons (Fsp3) is 0.727. The lowest BCUT2D eigenvalue weighted by Crippen LogP contribution is -2.45. The molecule has 7 heteroatoms. The Bertz CT molecular complexity index is 400. The summed E-state index contributed by atoms with van der Waals surface area (Å²) in [6, 6.07) is 0. The van der Waals surface area contributed by atoms with Crippen LogP contribution in [0.1, 0.15) is 26.6 Å². The summed E-state index contributed by atoms with van der Waals surface area (Å²) < 4.78 is 9.09. The van der Waals surface area contributed by atoms with Crippen LogP contribution in [0.5, 0.6) is 0 Å². The number of methoxy groups -OCH3 is 1. The van der Waals surface area contributed by atoms with Crippen molar-refractivity contribution in [3.05, 3.63) is 5.82 Å². The second-order valence-corrected chi connectivity index (χ2v) is 5.81. The van der Waals surface area contributed by atoms with Gasteiger partial charge in [-0.05, 0) is 20.8 Å². The minimum Gasteiger partial charge on any atom is -0.377 e. The Labute approximate surface area is 112 Å². The zero-order valence-electron chi connectivity index (χ0n) is 11.5. The topological polar surface area (TPSA) is 67.3 Å². The predicted octanol–water partition coefficient (Wildman–Crippen LogP) is 1.04. The van der Waals surface area contributed by atoms with Gasteiger partial charge >= 0.3 is 0 Å². The highest BCUT2D eigenvalue weighted by atomic mass is 32.1. The molecule has 0 aliphatic carbocycles. The number of likely N-dealkylation sites (N-methyl/N-ethyl adjacent to an activating group) is 1. The number of aromatic nitrogens is 2. The van der Waals surface area contributed by atoms with Gasteiger partial charge in [0, 0.05) is 31.2 Å². The molecule has 1 amide bonds. The summed E-state index contributed by atoms with van der Waals surface area (Å²) in [5.41, 5.74) is -0.222. The number of ether oxygens (including phenoxy) is 1. The molecular weight excluding hydrogens is 252 g/mol. The van der Waals surface area contributed by atoms with E-state index in [-0.39, 0.29) is 18.0 Å². The minimum absolute atomic E-state index is 0.0338. The summed E-state index contributed by atoms with van der Waals surface area (Å²) in [7, 11) is 3.42. The molecule has 0 saturated heterocycles. The van der Waals surface area contributed by atoms with Crippen molar-refractivity contribution in [2.45, 2.75) is 32.9 Å². The molecular formula is C11H20N4O2S. The molecule has 0 radical (unpaired) electrons. The molecule has 0 aliphatic heterocycles. The molecule has 0 aliphatic rings. The van der Waals surface area contributed by atoms with E-state index in [1.807, 2.05) is 27.8 Å². The normalized spacial score (nSPS) is 11.4. The highest BCUT2D eigenvalue weighted by molar-refractivity contribution is 7.09. The first kappa shape index (κ1) is 14.8. The van der Waals surface area contributed by atoms with Crippen molar-refractivity contribution < 1.29 is 9.53 Å². The van der Waals surface area contributed by atoms with E-state index in [0.717, 1.165) is 0 Å². The third-order valence-corrected chi connectivity index (χ3v) is 2.82. The van der Waals surface area contributed by atoms with Gasteiger partial charge in [0.2, 0.25) is 11.0 Å². The molecule has 0 fully saturated rings. The quantitative estimate of drug-likeness (QED) is 0.867. The van der Waals surface area contributed by atoms with Gasteiger partial charge in [0.25, 0.3) is 0 Å². The number of carbonyl (C=O) groups excluding carboxylic acids is 1. The first-order valence-corrected chi connectivity index (χ1v) is 6.43. The lowest BCUT2D eigenvalue weighted by molar-refractivity contribution is -0.121. The van der Waals surface area contributed by atoms with E-state index < -0.39 is 0 Å². The number of carbonyl (C=O) groups is 1. The summed E-state index contributed by atoms with van der Waals surface area (Å²) in [6.45, 7) is 6.50. The Morgan fingerprint density at radius 3 is 2.72 bits per heavy atom. The van der Waals surface area contributed by atoms with Crippen LogP contribution in [0.2, 0.25) is 0 Å². The monoisotopic (exact) mass is 272 g/mol. The highest BCUT2D eigenvalue weighted by Crippen LogP contribution is 2.15. The van der Waals surface area contributed by atoms with Crippen molar-refractivity contribution in [1.82, 2.24) is 14.7 Å². The molecule has 1 rings (SSSR count). The molecule has 1 heterocycles. The van der Waals surface area contributed by atoms with Crippen LogP contribution in [0.25, 0.3) is 0 Å². The SMILES string of the molecule is COCc1nsc(N(C)CC(=O)NC(C)(C)C)n1. The largest absolute Gasteiger partial charge is 0.377 e. The van der Waals surface area contributed by atoms with Crippen molar-refractivity contribution in [1.29, 1.82) is 0 Å². The molecule has 102 valence electrons. The lowest BCUT2D eigenvalue weighted by atomic mass is 10.1. The van der Waals surface area contributed by atoms with Crippen LogP contribution >= 0.6 is 11.5 Å². The minimum atomic E-state index is -0.222. The smallest absolute Gasteiger partial charge is 0.239 e. The zero-order chi connectivity index (χ0) is 13.8. The second-order valence-electron chi connectivity index (χ2n) is 5.08. The Kier molecular flexibility index (Phi) is 5.03. The number of hydrogen-bond donors (Lipinski definition) is 1. The van der Waals surface area contributed by atoms with Crippen LogP contribution in [0.15, 0.2) is 0 Å². The maximum absolute atomic E-state index is 11.8. The van der Waals surface area contributed by atoms with Crippen LogP contribution in [0.4, 0.5) is 5.13 Å². The van der Waals surface area contributed by atoms with Gasteiger partial charge in [0.1, 0.15) is 6.61 Å². The second kappa shape index (κ2) is 6.10. The number of nitrogens with one attached hydrogen (secondary N) is 1. The molecule has 6 nitrogen and oxygen atoms in total. The van der Waals surface area contributed by atoms with E-state index in [0.29, 0.717) is 17.6 Å². The molecule has 0 atom stereocenters. The van der Waals surface area contributed by atoms with Crippen LogP contribution < -0.4 is 10.2 Å². The van der Waals surface area contributed by atoms with E-state index in [2.05, 4.69) is 14.7 Å². The van der Waals surface area contributed by atoms with Crippen molar-refractivity contribution in [2.75, 3.05) is 25.6 Å². The summed E-state index contributed by atoms with van der Waals surface area (Å²) in [4.78, 5) is 17.8. The van der Waals surface area contributed by atoms with Crippen LogP contribution in [-0.4, -0.2) is 41.5 Å². The predicted molar refractivity (Wildman–Crippen MR) is 71.8 cm³/mol. The van der Waals surface area contributed by atoms with Gasteiger partial charge < -0.3 is 15.0 Å². The maximum Gasteiger partial charge on any atom is 0.239 e. The summed E-state index contributed by atoms with van der Waals surface area (Å²) in [5.74, 6) is 0.606. The summed E-state index contributed by atoms with van der Waals surface area (Å²) in [6.07, 6.45) is 0. The fourth-order valence-corrected chi connectivity index (χ4v) is 1.96. The van der Waals surface area contributed by atoms with Gasteiger partial charge in [0.05, 0.1) is 6.54 Å². The van der Waals surface area contributed by atoms with Gasteiger partial charge in [-0.3, -0.25) is 4.79 Å². The highest BCUT2D eigenvalue weighted by Gasteiger charge is 2.17. The number of rotatable bonds is 5. The van der Waals surface area contributed by atoms with E-state index in [4.69, 9.17) is 4.74 Å². The molecule has 0 aromatic carbocycles. The third-order valence-electron chi connectivity index (χ3n) is 1.95. The van der Waals surface area contributed by atoms with Crippen LogP contribution in [0.3, 0.4) is 0 Å². The number of amides is 1. The van der Waals surface area contributed by atoms with E-state index in [1.54, 1.807) is 12.0 Å². The van der Waals surface area contributed by atoms with Crippen molar-refractivity contribution >= 4 is 22.6 Å². The summed E-state index contributed by atoms with van der Waals surface area (Å²) in [5, 5.41) is 3.62. The average molecular weight is 272 g/mol. The van der Waals surface area contributed by atoms with Crippen molar-refractivity contribution in [3.8, 4) is 0 Å². The Morgan fingerprint density at radius 2 is 2.17 bits per heavy atom. The number of anilines is 1. The van der Waals surface area contributed by atoms with Crippen LogP contribution in [-0.2, 0) is 16.1 Å². The molecule has 1 N–H and O–H groups in total. The molecule has 18 heavy (non-hydrogen) atoms. The average Bonchev–Trinajstić information content (AvgIpc) is 2.63. The van der Waals surface area contributed by atoms with Crippen molar-refractivity contribution in [3.63, 3.8) is 0 Å². The fourth-order valence-electron chi connectivity index (χ4n) is 1.33. The third kappa shape index (κ3) is 4.97. The Balaban J connectivity index is 2.53. The van der Waals surface area contributed by atoms with E-state index in [9.17, 15) is 4.79 Å². The molecule has 1 aromatic rings. The molecule has 0 bridgehead atoms. The van der Waals surface area contributed by atoms with E-state index >= 15 is 0 Å². The molecule has 1 aromatic heterocycles. The van der Waals surface area contributed by atoms with Gasteiger partial charge in [0.15, 0.2) is 5.82 Å². The standard InChI is InChI=1S/C11H20N4O2S/c1-11(2,3)13-9(16)6-15(4)10-12-8(7-17-5)14-18-10/h6-7H2,1-5H3,(H,13,16). The van der Waals surface area contributed by atoms with Gasteiger partial charge in [-0.15, -0.1) is 0 Å². The molecule has 0 saturated carbocycles. The Hall–Kier alpha value is -1.21. The summed E-state index contributed by atoms with van der Waals surface area (Å²) >= 11 is 1.26. The lowest BCUT2D eigenvalue weighted by Gasteiger charge is -2.22. The van der Waals surface area contributed by atoms with Gasteiger partial charge in [-0.25, -0.2) is 4.98 Å². The van der Waals surface area contributed by atoms with Crippen LogP contribution in [0, 0.1) is 0 Å². The zero-order valence-corrected chi connectivity index (χ0v) is 12.3. The van der Waals surface area contributed by atoms with Gasteiger partial charge in [-0.1, -0.05) is 0 Å². The first-order valence-electron chi connectivity index (χ1n) is 5.65. The van der Waals surface area contributed by atoms with Gasteiger partial charge in [-0.2, -0.15) is 4.37 Å². The van der Waals surface area contributed by atoms with Crippen molar-refractivity contribution in [2.24, 2.45) is 0 Å². The number of nitrogens with zero attached hydrogens (tertiary/aromatic N) is 3. The first-order chi connectivity index (χ1) is 8.31. The molecule has 0 unspecified atom stereocenters. The Morgan fingerprint density at radius 1 is 1.50 bits per heavy atom. The maximum atomic E-state index is 11.8. The number of hydrogen-bond acceptors (Lipinski definition) is 6. The molecule has 0 spiro atoms.